The minimum Gasteiger partial charge on any atom is -0.381 e. The first-order chi connectivity index (χ1) is 12.2. The third kappa shape index (κ3) is 3.78. The molecule has 0 radical (unpaired) electrons. The average Bonchev–Trinajstić information content (AvgIpc) is 2.61. The Hall–Kier alpha value is -1.48. The number of ether oxygens (including phenoxy) is 2. The summed E-state index contributed by atoms with van der Waals surface area (Å²) in [5.74, 6) is -0.0566. The Labute approximate surface area is 155 Å². The van der Waals surface area contributed by atoms with Crippen molar-refractivity contribution in [3.63, 3.8) is 0 Å². The lowest BCUT2D eigenvalue weighted by Gasteiger charge is -2.47. The monoisotopic (exact) mass is 381 g/mol. The number of nitrogens with zero attached hydrogens (tertiary/aromatic N) is 2. The van der Waals surface area contributed by atoms with Gasteiger partial charge in [-0.1, -0.05) is 0 Å². The van der Waals surface area contributed by atoms with Gasteiger partial charge in [0.15, 0.2) is 0 Å². The third-order valence-electron chi connectivity index (χ3n) is 5.03. The predicted octanol–water partition coefficient (Wildman–Crippen LogP) is 1.98. The summed E-state index contributed by atoms with van der Waals surface area (Å²) in [6.45, 7) is 4.42. The van der Waals surface area contributed by atoms with Crippen LogP contribution in [0.15, 0.2) is 29.2 Å². The highest BCUT2D eigenvalue weighted by atomic mass is 32.2. The van der Waals surface area contributed by atoms with Crippen molar-refractivity contribution in [2.75, 3.05) is 40.4 Å². The fourth-order valence-corrected chi connectivity index (χ4v) is 4.50. The molecule has 2 saturated heterocycles. The number of hydrogen-bond acceptors (Lipinski definition) is 5. The van der Waals surface area contributed by atoms with Crippen LogP contribution in [-0.2, 0) is 19.4 Å². The number of carbonyl (C=O) groups excluding carboxylic acids is 1. The molecule has 8 heteroatoms. The van der Waals surface area contributed by atoms with Gasteiger partial charge in [-0.05, 0) is 31.2 Å². The summed E-state index contributed by atoms with van der Waals surface area (Å²) in [6.07, 6.45) is 1.57. The van der Waals surface area contributed by atoms with E-state index in [0.29, 0.717) is 36.8 Å². The summed E-state index contributed by atoms with van der Waals surface area (Å²) in [5, 5.41) is 0. The molecule has 1 aromatic rings. The van der Waals surface area contributed by atoms with Crippen molar-refractivity contribution in [1.82, 2.24) is 9.21 Å². The molecule has 0 aromatic heterocycles. The Bertz CT molecular complexity index is 755. The molecule has 1 amide bonds. The Kier molecular flexibility index (Phi) is 5.39. The molecule has 2 atom stereocenters. The standard InChI is InChI=1S/C18H27N3O4S/c1-14-12-21(13-18(25-14)8-10-24-11-9-18)17(22)15-4-6-16(7-5-15)26(19,23)20(2)3/h4-7,14,19H,8-13H2,1-3H3. The maximum Gasteiger partial charge on any atom is 0.254 e. The largest absolute Gasteiger partial charge is 0.381 e. The van der Waals surface area contributed by atoms with Gasteiger partial charge in [-0.3, -0.25) is 4.79 Å². The maximum atomic E-state index is 13.0. The Morgan fingerprint density at radius 2 is 1.88 bits per heavy atom. The third-order valence-corrected chi connectivity index (χ3v) is 6.97. The van der Waals surface area contributed by atoms with Gasteiger partial charge in [0.25, 0.3) is 5.91 Å². The van der Waals surface area contributed by atoms with Crippen LogP contribution < -0.4 is 0 Å². The van der Waals surface area contributed by atoms with Gasteiger partial charge in [-0.2, -0.15) is 0 Å². The van der Waals surface area contributed by atoms with E-state index >= 15 is 0 Å². The van der Waals surface area contributed by atoms with Crippen LogP contribution in [0.5, 0.6) is 0 Å². The highest BCUT2D eigenvalue weighted by Gasteiger charge is 2.42. The van der Waals surface area contributed by atoms with Gasteiger partial charge in [-0.25, -0.2) is 13.3 Å². The number of hydrogen-bond donors (Lipinski definition) is 1. The van der Waals surface area contributed by atoms with Gasteiger partial charge in [0.2, 0.25) is 0 Å². The predicted molar refractivity (Wildman–Crippen MR) is 98.5 cm³/mol. The lowest BCUT2D eigenvalue weighted by molar-refractivity contribution is -0.176. The number of amides is 1. The quantitative estimate of drug-likeness (QED) is 0.868. The minimum absolute atomic E-state index is 0.0224. The molecule has 2 unspecified atom stereocenters. The van der Waals surface area contributed by atoms with Gasteiger partial charge in [0.05, 0.1) is 23.1 Å². The highest BCUT2D eigenvalue weighted by molar-refractivity contribution is 7.90. The van der Waals surface area contributed by atoms with E-state index in [9.17, 15) is 9.00 Å². The van der Waals surface area contributed by atoms with E-state index in [-0.39, 0.29) is 17.6 Å². The molecule has 26 heavy (non-hydrogen) atoms. The van der Waals surface area contributed by atoms with Crippen LogP contribution in [0.3, 0.4) is 0 Å². The second kappa shape index (κ2) is 7.26. The zero-order valence-corrected chi connectivity index (χ0v) is 16.4. The molecule has 1 spiro atoms. The van der Waals surface area contributed by atoms with Crippen molar-refractivity contribution >= 4 is 15.8 Å². The van der Waals surface area contributed by atoms with Crippen molar-refractivity contribution in [2.24, 2.45) is 0 Å². The van der Waals surface area contributed by atoms with E-state index < -0.39 is 9.92 Å². The van der Waals surface area contributed by atoms with Crippen molar-refractivity contribution in [2.45, 2.75) is 36.4 Å². The van der Waals surface area contributed by atoms with Crippen molar-refractivity contribution in [3.05, 3.63) is 29.8 Å². The van der Waals surface area contributed by atoms with E-state index in [1.165, 1.54) is 4.31 Å². The number of benzene rings is 1. The summed E-state index contributed by atoms with van der Waals surface area (Å²) < 4.78 is 33.4. The number of carbonyl (C=O) groups is 1. The second-order valence-electron chi connectivity index (χ2n) is 7.27. The summed E-state index contributed by atoms with van der Waals surface area (Å²) in [5.41, 5.74) is 0.227. The Balaban J connectivity index is 1.78. The van der Waals surface area contributed by atoms with Gasteiger partial charge in [0, 0.05) is 52.3 Å². The maximum absolute atomic E-state index is 13.0. The van der Waals surface area contributed by atoms with E-state index in [2.05, 4.69) is 0 Å². The van der Waals surface area contributed by atoms with Crippen LogP contribution >= 0.6 is 0 Å². The summed E-state index contributed by atoms with van der Waals surface area (Å²) in [7, 11) is 0.215. The first-order valence-corrected chi connectivity index (χ1v) is 10.4. The van der Waals surface area contributed by atoms with Crippen molar-refractivity contribution in [1.29, 1.82) is 4.78 Å². The average molecular weight is 381 g/mol. The smallest absolute Gasteiger partial charge is 0.254 e. The fraction of sp³-hybridized carbons (Fsp3) is 0.611. The van der Waals surface area contributed by atoms with E-state index in [1.54, 1.807) is 38.4 Å². The molecule has 144 valence electrons. The Morgan fingerprint density at radius 3 is 2.46 bits per heavy atom. The fourth-order valence-electron chi connectivity index (χ4n) is 3.57. The molecule has 2 heterocycles. The summed E-state index contributed by atoms with van der Waals surface area (Å²) in [6, 6.07) is 6.53. The van der Waals surface area contributed by atoms with Crippen LogP contribution in [0.4, 0.5) is 0 Å². The van der Waals surface area contributed by atoms with Crippen LogP contribution in [0.1, 0.15) is 30.1 Å². The zero-order valence-electron chi connectivity index (χ0n) is 15.6. The van der Waals surface area contributed by atoms with Gasteiger partial charge < -0.3 is 14.4 Å². The summed E-state index contributed by atoms with van der Waals surface area (Å²) in [4.78, 5) is 15.2. The normalized spacial score (nSPS) is 25.2. The van der Waals surface area contributed by atoms with E-state index in [4.69, 9.17) is 14.3 Å². The van der Waals surface area contributed by atoms with Crippen LogP contribution in [0, 0.1) is 4.78 Å². The lowest BCUT2D eigenvalue weighted by atomic mass is 9.91. The highest BCUT2D eigenvalue weighted by Crippen LogP contribution is 2.32. The van der Waals surface area contributed by atoms with Gasteiger partial charge in [-0.15, -0.1) is 0 Å². The molecular formula is C18H27N3O4S. The minimum atomic E-state index is -3.00. The van der Waals surface area contributed by atoms with Crippen LogP contribution in [0.25, 0.3) is 0 Å². The summed E-state index contributed by atoms with van der Waals surface area (Å²) >= 11 is 0. The van der Waals surface area contributed by atoms with Gasteiger partial charge >= 0.3 is 0 Å². The molecule has 2 aliphatic heterocycles. The molecule has 0 saturated carbocycles. The van der Waals surface area contributed by atoms with Crippen LogP contribution in [-0.4, -0.2) is 71.4 Å². The molecule has 1 N–H and O–H groups in total. The number of rotatable bonds is 3. The SMILES string of the molecule is CC1CN(C(=O)c2ccc(S(=N)(=O)N(C)C)cc2)CC2(CCOCC2)O1. The number of nitrogens with one attached hydrogen (secondary N) is 1. The first-order valence-electron chi connectivity index (χ1n) is 8.85. The Morgan fingerprint density at radius 1 is 1.27 bits per heavy atom. The van der Waals surface area contributed by atoms with Crippen molar-refractivity contribution in [3.8, 4) is 0 Å². The van der Waals surface area contributed by atoms with Crippen LogP contribution in [0.2, 0.25) is 0 Å². The molecular weight excluding hydrogens is 354 g/mol. The van der Waals surface area contributed by atoms with E-state index in [0.717, 1.165) is 12.8 Å². The first kappa shape index (κ1) is 19.3. The topological polar surface area (TPSA) is 82.9 Å². The number of morpholine rings is 1. The van der Waals surface area contributed by atoms with E-state index in [1.807, 2.05) is 11.8 Å². The molecule has 0 aliphatic carbocycles. The molecule has 3 rings (SSSR count). The second-order valence-corrected chi connectivity index (χ2v) is 9.53. The molecule has 7 nitrogen and oxygen atoms in total. The zero-order chi connectivity index (χ0) is 18.9. The lowest BCUT2D eigenvalue weighted by Crippen LogP contribution is -2.58. The molecule has 2 aliphatic rings. The molecule has 1 aromatic carbocycles. The van der Waals surface area contributed by atoms with Crippen molar-refractivity contribution < 1.29 is 18.5 Å². The van der Waals surface area contributed by atoms with Gasteiger partial charge in [0.1, 0.15) is 9.92 Å². The molecule has 0 bridgehead atoms. The molecule has 2 fully saturated rings.